The van der Waals surface area contributed by atoms with E-state index < -0.39 is 17.2 Å². The molecule has 19 heavy (non-hydrogen) atoms. The number of carbonyl (C=O) groups excluding carboxylic acids is 1. The van der Waals surface area contributed by atoms with E-state index in [-0.39, 0.29) is 5.82 Å². The highest BCUT2D eigenvalue weighted by atomic mass is 19.1. The highest BCUT2D eigenvalue weighted by Gasteiger charge is 2.42. The maximum atomic E-state index is 13.9. The lowest BCUT2D eigenvalue weighted by Crippen LogP contribution is -2.52. The lowest BCUT2D eigenvalue weighted by Gasteiger charge is -2.43. The predicted molar refractivity (Wildman–Crippen MR) is 71.3 cm³/mol. The zero-order valence-corrected chi connectivity index (χ0v) is 11.6. The van der Waals surface area contributed by atoms with Gasteiger partial charge in [0, 0.05) is 5.56 Å². The Kier molecular flexibility index (Phi) is 3.52. The van der Waals surface area contributed by atoms with Gasteiger partial charge in [-0.25, -0.2) is 9.18 Å². The fourth-order valence-electron chi connectivity index (χ4n) is 2.34. The Hall–Kier alpha value is -1.58. The number of benzene rings is 1. The summed E-state index contributed by atoms with van der Waals surface area (Å²) in [6.45, 7) is 5.43. The lowest BCUT2D eigenvalue weighted by atomic mass is 9.71. The molecule has 0 aliphatic heterocycles. The third-order valence-electron chi connectivity index (χ3n) is 3.34. The molecule has 1 fully saturated rings. The molecule has 2 rings (SSSR count). The van der Waals surface area contributed by atoms with E-state index in [1.807, 2.05) is 20.8 Å². The summed E-state index contributed by atoms with van der Waals surface area (Å²) in [4.78, 5) is 11.9. The number of hydrogen-bond donors (Lipinski definition) is 1. The predicted octanol–water partition coefficient (Wildman–Crippen LogP) is 3.73. The number of hydrogen-bond acceptors (Lipinski definition) is 2. The van der Waals surface area contributed by atoms with Crippen molar-refractivity contribution >= 4 is 6.09 Å². The van der Waals surface area contributed by atoms with E-state index >= 15 is 0 Å². The number of ether oxygens (including phenoxy) is 1. The Bertz CT molecular complexity index is 475. The first kappa shape index (κ1) is 13.8. The SMILES string of the molecule is CC(C)(C)OC(=O)NC1(c2ccccc2F)CCC1. The van der Waals surface area contributed by atoms with E-state index in [9.17, 15) is 9.18 Å². The Balaban J connectivity index is 2.16. The van der Waals surface area contributed by atoms with Crippen LogP contribution in [0.5, 0.6) is 0 Å². The van der Waals surface area contributed by atoms with Gasteiger partial charge in [-0.3, -0.25) is 0 Å². The molecular weight excluding hydrogens is 245 g/mol. The average molecular weight is 265 g/mol. The molecule has 0 saturated heterocycles. The molecule has 1 amide bonds. The zero-order chi connectivity index (χ0) is 14.1. The Labute approximate surface area is 113 Å². The normalized spacial score (nSPS) is 17.5. The molecular formula is C15H20FNO2. The van der Waals surface area contributed by atoms with Crippen molar-refractivity contribution in [3.05, 3.63) is 35.6 Å². The van der Waals surface area contributed by atoms with Crippen LogP contribution in [0.1, 0.15) is 45.6 Å². The van der Waals surface area contributed by atoms with Crippen LogP contribution in [0.3, 0.4) is 0 Å². The molecule has 1 saturated carbocycles. The number of alkyl carbamates (subject to hydrolysis) is 1. The van der Waals surface area contributed by atoms with Crippen LogP contribution >= 0.6 is 0 Å². The van der Waals surface area contributed by atoms with Gasteiger partial charge in [-0.15, -0.1) is 0 Å². The van der Waals surface area contributed by atoms with Crippen LogP contribution in [0, 0.1) is 5.82 Å². The molecule has 0 spiro atoms. The topological polar surface area (TPSA) is 38.3 Å². The van der Waals surface area contributed by atoms with Gasteiger partial charge in [0.05, 0.1) is 5.54 Å². The third kappa shape index (κ3) is 3.06. The summed E-state index contributed by atoms with van der Waals surface area (Å²) >= 11 is 0. The van der Waals surface area contributed by atoms with Crippen molar-refractivity contribution in [3.63, 3.8) is 0 Å². The average Bonchev–Trinajstić information content (AvgIpc) is 2.22. The summed E-state index contributed by atoms with van der Waals surface area (Å²) in [7, 11) is 0. The Morgan fingerprint density at radius 3 is 2.42 bits per heavy atom. The number of halogens is 1. The van der Waals surface area contributed by atoms with Crippen LogP contribution in [0.2, 0.25) is 0 Å². The van der Waals surface area contributed by atoms with Crippen LogP contribution in [0.4, 0.5) is 9.18 Å². The summed E-state index contributed by atoms with van der Waals surface area (Å²) in [6.07, 6.45) is 1.97. The van der Waals surface area contributed by atoms with Crippen LogP contribution in [-0.2, 0) is 10.3 Å². The van der Waals surface area contributed by atoms with Crippen molar-refractivity contribution in [2.45, 2.75) is 51.2 Å². The molecule has 4 heteroatoms. The monoisotopic (exact) mass is 265 g/mol. The van der Waals surface area contributed by atoms with Gasteiger partial charge in [-0.2, -0.15) is 0 Å². The van der Waals surface area contributed by atoms with Crippen LogP contribution < -0.4 is 5.32 Å². The molecule has 104 valence electrons. The van der Waals surface area contributed by atoms with Crippen molar-refractivity contribution in [1.82, 2.24) is 5.32 Å². The molecule has 3 nitrogen and oxygen atoms in total. The fourth-order valence-corrected chi connectivity index (χ4v) is 2.34. The molecule has 0 aromatic heterocycles. The maximum Gasteiger partial charge on any atom is 0.408 e. The second-order valence-electron chi connectivity index (χ2n) is 6.04. The first-order valence-electron chi connectivity index (χ1n) is 6.59. The van der Waals surface area contributed by atoms with Gasteiger partial charge < -0.3 is 10.1 Å². The summed E-state index contributed by atoms with van der Waals surface area (Å²) < 4.78 is 19.2. The quantitative estimate of drug-likeness (QED) is 0.884. The summed E-state index contributed by atoms with van der Waals surface area (Å²) in [5.41, 5.74) is -0.607. The largest absolute Gasteiger partial charge is 0.444 e. The minimum Gasteiger partial charge on any atom is -0.444 e. The second-order valence-corrected chi connectivity index (χ2v) is 6.04. The summed E-state index contributed by atoms with van der Waals surface area (Å²) in [5, 5.41) is 2.84. The van der Waals surface area contributed by atoms with Crippen LogP contribution in [-0.4, -0.2) is 11.7 Å². The smallest absolute Gasteiger partial charge is 0.408 e. The first-order valence-corrected chi connectivity index (χ1v) is 6.59. The van der Waals surface area contributed by atoms with Gasteiger partial charge in [-0.05, 0) is 46.1 Å². The fraction of sp³-hybridized carbons (Fsp3) is 0.533. The van der Waals surface area contributed by atoms with E-state index in [0.717, 1.165) is 19.3 Å². The van der Waals surface area contributed by atoms with Crippen molar-refractivity contribution in [1.29, 1.82) is 0 Å². The van der Waals surface area contributed by atoms with Gasteiger partial charge in [0.15, 0.2) is 0 Å². The molecule has 1 aromatic rings. The van der Waals surface area contributed by atoms with E-state index in [2.05, 4.69) is 5.32 Å². The van der Waals surface area contributed by atoms with Gasteiger partial charge in [0.1, 0.15) is 11.4 Å². The first-order chi connectivity index (χ1) is 8.82. The van der Waals surface area contributed by atoms with Gasteiger partial charge in [-0.1, -0.05) is 18.2 Å². The zero-order valence-electron chi connectivity index (χ0n) is 11.6. The highest BCUT2D eigenvalue weighted by molar-refractivity contribution is 5.69. The highest BCUT2D eigenvalue weighted by Crippen LogP contribution is 2.42. The van der Waals surface area contributed by atoms with Crippen molar-refractivity contribution in [2.75, 3.05) is 0 Å². The van der Waals surface area contributed by atoms with Gasteiger partial charge in [0.2, 0.25) is 0 Å². The molecule has 0 radical (unpaired) electrons. The third-order valence-corrected chi connectivity index (χ3v) is 3.34. The van der Waals surface area contributed by atoms with E-state index in [1.54, 1.807) is 18.2 Å². The van der Waals surface area contributed by atoms with E-state index in [1.165, 1.54) is 6.07 Å². The van der Waals surface area contributed by atoms with Crippen molar-refractivity contribution < 1.29 is 13.9 Å². The van der Waals surface area contributed by atoms with Crippen molar-refractivity contribution in [3.8, 4) is 0 Å². The van der Waals surface area contributed by atoms with Gasteiger partial charge >= 0.3 is 6.09 Å². The second kappa shape index (κ2) is 4.83. The molecule has 1 N–H and O–H groups in total. The Morgan fingerprint density at radius 2 is 1.95 bits per heavy atom. The molecule has 0 heterocycles. The van der Waals surface area contributed by atoms with Crippen molar-refractivity contribution in [2.24, 2.45) is 0 Å². The molecule has 1 aliphatic rings. The number of amides is 1. The molecule has 1 aromatic carbocycles. The van der Waals surface area contributed by atoms with E-state index in [0.29, 0.717) is 5.56 Å². The summed E-state index contributed by atoms with van der Waals surface area (Å²) in [5.74, 6) is -0.279. The van der Waals surface area contributed by atoms with Crippen LogP contribution in [0.25, 0.3) is 0 Å². The molecule has 1 aliphatic carbocycles. The molecule has 0 unspecified atom stereocenters. The minimum absolute atomic E-state index is 0.279. The minimum atomic E-state index is -0.603. The summed E-state index contributed by atoms with van der Waals surface area (Å²) in [6, 6.07) is 6.59. The van der Waals surface area contributed by atoms with Gasteiger partial charge in [0.25, 0.3) is 0 Å². The lowest BCUT2D eigenvalue weighted by molar-refractivity contribution is 0.0373. The number of nitrogens with one attached hydrogen (secondary N) is 1. The maximum absolute atomic E-state index is 13.9. The molecule has 0 bridgehead atoms. The van der Waals surface area contributed by atoms with Crippen LogP contribution in [0.15, 0.2) is 24.3 Å². The standard InChI is InChI=1S/C15H20FNO2/c1-14(2,3)19-13(18)17-15(9-6-10-15)11-7-4-5-8-12(11)16/h4-5,7-8H,6,9-10H2,1-3H3,(H,17,18). The Morgan fingerprint density at radius 1 is 1.32 bits per heavy atom. The number of carbonyl (C=O) groups is 1. The van der Waals surface area contributed by atoms with E-state index in [4.69, 9.17) is 4.74 Å². The number of rotatable bonds is 2. The molecule has 0 atom stereocenters.